The molecule has 24 heavy (non-hydrogen) atoms. The normalized spacial score (nSPS) is 14.0. The second-order valence-corrected chi connectivity index (χ2v) is 6.72. The number of aromatic nitrogens is 1. The fraction of sp³-hybridized carbons (Fsp3) is 0.174. The van der Waals surface area contributed by atoms with Gasteiger partial charge in [-0.3, -0.25) is 4.98 Å². The quantitative estimate of drug-likeness (QED) is 0.397. The Morgan fingerprint density at radius 1 is 0.708 bits per heavy atom. The summed E-state index contributed by atoms with van der Waals surface area (Å²) < 4.78 is 0. The number of rotatable bonds is 1. The Kier molecular flexibility index (Phi) is 3.12. The first kappa shape index (κ1) is 13.7. The molecule has 1 heteroatoms. The lowest BCUT2D eigenvalue weighted by Gasteiger charge is -2.20. The number of aryl methyl sites for hydroxylation is 2. The molecule has 0 aliphatic heterocycles. The van der Waals surface area contributed by atoms with Gasteiger partial charge in [0.1, 0.15) is 0 Å². The molecular formula is C23H19N. The summed E-state index contributed by atoms with van der Waals surface area (Å²) in [5.41, 5.74) is 5.60. The Balaban J connectivity index is 1.94. The lowest BCUT2D eigenvalue weighted by atomic mass is 9.84. The van der Waals surface area contributed by atoms with E-state index in [1.54, 1.807) is 11.1 Å². The van der Waals surface area contributed by atoms with Crippen molar-refractivity contribution < 1.29 is 0 Å². The minimum Gasteiger partial charge on any atom is -0.264 e. The molecular weight excluding hydrogens is 290 g/mol. The first-order valence-corrected chi connectivity index (χ1v) is 8.78. The molecule has 0 bridgehead atoms. The Bertz CT molecular complexity index is 1050. The Morgan fingerprint density at radius 2 is 1.54 bits per heavy atom. The molecule has 0 fully saturated rings. The van der Waals surface area contributed by atoms with Crippen LogP contribution < -0.4 is 0 Å². The highest BCUT2D eigenvalue weighted by atomic mass is 14.6. The molecule has 5 rings (SSSR count). The minimum absolute atomic E-state index is 1.20. The monoisotopic (exact) mass is 309 g/mol. The molecule has 0 unspecified atom stereocenters. The third-order valence-electron chi connectivity index (χ3n) is 5.35. The predicted octanol–water partition coefficient (Wildman–Crippen LogP) is 5.93. The molecule has 0 spiro atoms. The van der Waals surface area contributed by atoms with Gasteiger partial charge in [0, 0.05) is 18.0 Å². The van der Waals surface area contributed by atoms with E-state index < -0.39 is 0 Å². The first-order chi connectivity index (χ1) is 11.9. The van der Waals surface area contributed by atoms with Crippen LogP contribution in [0.4, 0.5) is 0 Å². The van der Waals surface area contributed by atoms with Gasteiger partial charge in [-0.15, -0.1) is 0 Å². The molecule has 3 aromatic carbocycles. The molecule has 4 aromatic rings. The maximum atomic E-state index is 4.34. The first-order valence-electron chi connectivity index (χ1n) is 8.78. The van der Waals surface area contributed by atoms with E-state index in [0.29, 0.717) is 0 Å². The molecule has 0 radical (unpaired) electrons. The zero-order chi connectivity index (χ0) is 15.9. The second kappa shape index (κ2) is 5.45. The van der Waals surface area contributed by atoms with Gasteiger partial charge >= 0.3 is 0 Å². The van der Waals surface area contributed by atoms with Crippen LogP contribution in [0.3, 0.4) is 0 Å². The lowest BCUT2D eigenvalue weighted by Crippen LogP contribution is -2.03. The number of fused-ring (bicyclic) bond motifs is 5. The van der Waals surface area contributed by atoms with Crippen molar-refractivity contribution in [1.82, 2.24) is 4.98 Å². The van der Waals surface area contributed by atoms with Gasteiger partial charge in [0.2, 0.25) is 0 Å². The summed E-state index contributed by atoms with van der Waals surface area (Å²) in [6.45, 7) is 0. The van der Waals surface area contributed by atoms with Gasteiger partial charge in [-0.25, -0.2) is 0 Å². The van der Waals surface area contributed by atoms with Crippen molar-refractivity contribution in [3.63, 3.8) is 0 Å². The average molecular weight is 309 g/mol. The van der Waals surface area contributed by atoms with E-state index in [2.05, 4.69) is 53.5 Å². The molecule has 0 saturated carbocycles. The van der Waals surface area contributed by atoms with Crippen molar-refractivity contribution in [3.8, 4) is 11.1 Å². The molecule has 1 nitrogen and oxygen atoms in total. The Hall–Kier alpha value is -2.67. The van der Waals surface area contributed by atoms with E-state index in [9.17, 15) is 0 Å². The number of pyridine rings is 1. The van der Waals surface area contributed by atoms with E-state index in [4.69, 9.17) is 0 Å². The highest BCUT2D eigenvalue weighted by Gasteiger charge is 2.15. The number of hydrogen-bond donors (Lipinski definition) is 0. The summed E-state index contributed by atoms with van der Waals surface area (Å²) in [5, 5.41) is 5.49. The summed E-state index contributed by atoms with van der Waals surface area (Å²) in [7, 11) is 0. The molecule has 0 atom stereocenters. The van der Waals surface area contributed by atoms with E-state index >= 15 is 0 Å². The zero-order valence-corrected chi connectivity index (χ0v) is 13.6. The van der Waals surface area contributed by atoms with Crippen LogP contribution in [0, 0.1) is 0 Å². The molecule has 1 aliphatic carbocycles. The summed E-state index contributed by atoms with van der Waals surface area (Å²) in [5.74, 6) is 0. The van der Waals surface area contributed by atoms with Crippen molar-refractivity contribution in [2.45, 2.75) is 25.7 Å². The van der Waals surface area contributed by atoms with Crippen LogP contribution >= 0.6 is 0 Å². The van der Waals surface area contributed by atoms with Gasteiger partial charge < -0.3 is 0 Å². The van der Waals surface area contributed by atoms with Crippen molar-refractivity contribution in [2.24, 2.45) is 0 Å². The topological polar surface area (TPSA) is 12.9 Å². The van der Waals surface area contributed by atoms with E-state index in [-0.39, 0.29) is 0 Å². The van der Waals surface area contributed by atoms with Gasteiger partial charge in [0.05, 0.1) is 0 Å². The maximum Gasteiger partial charge on any atom is 0.0346 e. The third kappa shape index (κ3) is 2.05. The highest BCUT2D eigenvalue weighted by molar-refractivity contribution is 6.14. The smallest absolute Gasteiger partial charge is 0.0346 e. The van der Waals surface area contributed by atoms with Crippen LogP contribution in [-0.2, 0) is 12.8 Å². The predicted molar refractivity (Wildman–Crippen MR) is 101 cm³/mol. The van der Waals surface area contributed by atoms with Gasteiger partial charge in [0.15, 0.2) is 0 Å². The molecule has 1 heterocycles. The number of hydrogen-bond acceptors (Lipinski definition) is 1. The Morgan fingerprint density at radius 3 is 2.42 bits per heavy atom. The zero-order valence-electron chi connectivity index (χ0n) is 13.6. The average Bonchev–Trinajstić information content (AvgIpc) is 2.67. The summed E-state index contributed by atoms with van der Waals surface area (Å²) in [6.07, 6.45) is 8.87. The summed E-state index contributed by atoms with van der Waals surface area (Å²) >= 11 is 0. The van der Waals surface area contributed by atoms with Crippen LogP contribution in [0.5, 0.6) is 0 Å². The van der Waals surface area contributed by atoms with Gasteiger partial charge in [0.25, 0.3) is 0 Å². The van der Waals surface area contributed by atoms with Crippen LogP contribution in [-0.4, -0.2) is 4.98 Å². The van der Waals surface area contributed by atoms with Crippen LogP contribution in [0.25, 0.3) is 32.7 Å². The molecule has 1 aromatic heterocycles. The number of nitrogens with zero attached hydrogens (tertiary/aromatic N) is 1. The van der Waals surface area contributed by atoms with Crippen LogP contribution in [0.15, 0.2) is 67.0 Å². The van der Waals surface area contributed by atoms with Crippen molar-refractivity contribution >= 4 is 21.5 Å². The van der Waals surface area contributed by atoms with Crippen LogP contribution in [0.1, 0.15) is 24.0 Å². The molecule has 0 saturated heterocycles. The minimum atomic E-state index is 1.20. The standard InChI is InChI=1S/C23H19N/c1-2-8-18-16(6-1)11-12-21-19-9-3-4-10-20(19)22(14-23(18)21)17-7-5-13-24-15-17/h3-5,7,9-15H,1-2,6,8H2. The SMILES string of the molecule is c1cncc(-c2cc3c4c(ccc3c3ccccc23)CCCC4)c1. The van der Waals surface area contributed by atoms with E-state index in [1.165, 1.54) is 58.4 Å². The largest absolute Gasteiger partial charge is 0.264 e. The van der Waals surface area contributed by atoms with Gasteiger partial charge in [-0.2, -0.15) is 0 Å². The summed E-state index contributed by atoms with van der Waals surface area (Å²) in [4.78, 5) is 4.34. The van der Waals surface area contributed by atoms with Crippen LogP contribution in [0.2, 0.25) is 0 Å². The molecule has 0 N–H and O–H groups in total. The molecule has 116 valence electrons. The van der Waals surface area contributed by atoms with Crippen molar-refractivity contribution in [1.29, 1.82) is 0 Å². The van der Waals surface area contributed by atoms with E-state index in [0.717, 1.165) is 0 Å². The number of benzene rings is 3. The van der Waals surface area contributed by atoms with E-state index in [1.807, 2.05) is 18.5 Å². The third-order valence-corrected chi connectivity index (χ3v) is 5.35. The fourth-order valence-electron chi connectivity index (χ4n) is 4.19. The second-order valence-electron chi connectivity index (χ2n) is 6.72. The van der Waals surface area contributed by atoms with Gasteiger partial charge in [-0.1, -0.05) is 42.5 Å². The summed E-state index contributed by atoms with van der Waals surface area (Å²) in [6, 6.07) is 20.0. The molecule has 1 aliphatic rings. The Labute approximate surface area is 142 Å². The van der Waals surface area contributed by atoms with Crippen molar-refractivity contribution in [3.05, 3.63) is 78.1 Å². The highest BCUT2D eigenvalue weighted by Crippen LogP contribution is 2.38. The maximum absolute atomic E-state index is 4.34. The van der Waals surface area contributed by atoms with Crippen molar-refractivity contribution in [2.75, 3.05) is 0 Å². The molecule has 0 amide bonds. The lowest BCUT2D eigenvalue weighted by molar-refractivity contribution is 0.690. The fourth-order valence-corrected chi connectivity index (χ4v) is 4.19. The van der Waals surface area contributed by atoms with Gasteiger partial charge in [-0.05, 0) is 76.1 Å².